The average Bonchev–Trinajstić information content (AvgIpc) is 2.64. The van der Waals surface area contributed by atoms with Crippen LogP contribution < -0.4 is 5.32 Å². The summed E-state index contributed by atoms with van der Waals surface area (Å²) in [5.74, 6) is -1.61. The number of carbonyl (C=O) groups is 1. The minimum absolute atomic E-state index is 0.0170. The number of fused-ring (bicyclic) bond motifs is 1. The lowest BCUT2D eigenvalue weighted by Crippen LogP contribution is -2.26. The van der Waals surface area contributed by atoms with Gasteiger partial charge in [0.25, 0.3) is 5.91 Å². The fourth-order valence-corrected chi connectivity index (χ4v) is 3.19. The zero-order valence-electron chi connectivity index (χ0n) is 14.0. The van der Waals surface area contributed by atoms with Gasteiger partial charge in [-0.2, -0.15) is 13.2 Å². The topological polar surface area (TPSA) is 62.2 Å². The molecule has 0 fully saturated rings. The summed E-state index contributed by atoms with van der Waals surface area (Å²) in [5, 5.41) is 12.1. The number of hydrogen-bond donors (Lipinski definition) is 2. The summed E-state index contributed by atoms with van der Waals surface area (Å²) in [5.41, 5.74) is 2.72. The third-order valence-corrected chi connectivity index (χ3v) is 4.59. The van der Waals surface area contributed by atoms with Gasteiger partial charge in [0.2, 0.25) is 0 Å². The highest BCUT2D eigenvalue weighted by molar-refractivity contribution is 5.99. The fourth-order valence-electron chi connectivity index (χ4n) is 3.19. The summed E-state index contributed by atoms with van der Waals surface area (Å²) in [4.78, 5) is 16.4. The maximum Gasteiger partial charge on any atom is 0.392 e. The third-order valence-electron chi connectivity index (χ3n) is 4.59. The fraction of sp³-hybridized carbons (Fsp3) is 0.368. The first-order valence-electron chi connectivity index (χ1n) is 8.44. The van der Waals surface area contributed by atoms with Crippen LogP contribution in [0.25, 0.3) is 16.5 Å². The lowest BCUT2D eigenvalue weighted by atomic mass is 9.85. The molecular formula is C19H19F3N2O2. The van der Waals surface area contributed by atoms with E-state index in [1.54, 1.807) is 12.1 Å². The van der Waals surface area contributed by atoms with E-state index in [-0.39, 0.29) is 31.9 Å². The molecule has 1 unspecified atom stereocenters. The van der Waals surface area contributed by atoms with Crippen molar-refractivity contribution in [2.24, 2.45) is 5.92 Å². The molecule has 1 atom stereocenters. The van der Waals surface area contributed by atoms with E-state index in [0.717, 1.165) is 16.5 Å². The molecule has 0 saturated heterocycles. The number of pyridine rings is 1. The summed E-state index contributed by atoms with van der Waals surface area (Å²) >= 11 is 0. The number of carbonyl (C=O) groups excluding carboxylic acids is 1. The summed E-state index contributed by atoms with van der Waals surface area (Å²) < 4.78 is 38.5. The Balaban J connectivity index is 1.89. The molecule has 1 amide bonds. The van der Waals surface area contributed by atoms with Crippen LogP contribution >= 0.6 is 0 Å². The van der Waals surface area contributed by atoms with Crippen LogP contribution in [0.1, 0.15) is 35.2 Å². The van der Waals surface area contributed by atoms with Crippen molar-refractivity contribution in [2.45, 2.75) is 25.4 Å². The number of halogens is 3. The Morgan fingerprint density at radius 1 is 1.35 bits per heavy atom. The van der Waals surface area contributed by atoms with Crippen molar-refractivity contribution in [3.05, 3.63) is 47.7 Å². The number of para-hydroxylation sites is 1. The number of rotatable bonds is 4. The third kappa shape index (κ3) is 3.88. The molecule has 0 radical (unpaired) electrons. The highest BCUT2D eigenvalue weighted by Crippen LogP contribution is 2.40. The molecular weight excluding hydrogens is 345 g/mol. The molecule has 0 aliphatic heterocycles. The zero-order chi connectivity index (χ0) is 18.7. The van der Waals surface area contributed by atoms with Crippen molar-refractivity contribution in [3.8, 4) is 0 Å². The van der Waals surface area contributed by atoms with Crippen molar-refractivity contribution in [2.75, 3.05) is 13.2 Å². The number of aliphatic hydroxyl groups is 1. The van der Waals surface area contributed by atoms with Crippen LogP contribution in [0.4, 0.5) is 13.2 Å². The van der Waals surface area contributed by atoms with E-state index < -0.39 is 12.1 Å². The standard InChI is InChI=1S/C19H19F3N2O2/c20-19(21,22)15-6-4-12(5-7-15)16-3-1-2-13-10-14(11-24-17(13)16)18(26)23-8-9-25/h1-4,10-11,15,25H,5-9H2,(H,23,26). The first kappa shape index (κ1) is 18.4. The summed E-state index contributed by atoms with van der Waals surface area (Å²) in [6.45, 7) is 0.00808. The van der Waals surface area contributed by atoms with Gasteiger partial charge in [0.15, 0.2) is 0 Å². The Morgan fingerprint density at radius 2 is 2.15 bits per heavy atom. The van der Waals surface area contributed by atoms with E-state index in [1.165, 1.54) is 6.20 Å². The second-order valence-corrected chi connectivity index (χ2v) is 6.32. The molecule has 26 heavy (non-hydrogen) atoms. The van der Waals surface area contributed by atoms with Gasteiger partial charge in [-0.15, -0.1) is 0 Å². The number of aromatic nitrogens is 1. The Kier molecular flexibility index (Phi) is 5.27. The van der Waals surface area contributed by atoms with Crippen LogP contribution in [-0.2, 0) is 0 Å². The van der Waals surface area contributed by atoms with Gasteiger partial charge in [0.05, 0.1) is 23.6 Å². The smallest absolute Gasteiger partial charge is 0.392 e. The van der Waals surface area contributed by atoms with Crippen molar-refractivity contribution in [1.29, 1.82) is 0 Å². The minimum Gasteiger partial charge on any atom is -0.395 e. The van der Waals surface area contributed by atoms with E-state index in [0.29, 0.717) is 17.5 Å². The number of hydrogen-bond acceptors (Lipinski definition) is 3. The van der Waals surface area contributed by atoms with E-state index in [9.17, 15) is 18.0 Å². The van der Waals surface area contributed by atoms with Crippen molar-refractivity contribution in [1.82, 2.24) is 10.3 Å². The largest absolute Gasteiger partial charge is 0.395 e. The predicted molar refractivity (Wildman–Crippen MR) is 92.5 cm³/mol. The molecule has 2 aromatic rings. The molecule has 0 spiro atoms. The average molecular weight is 364 g/mol. The van der Waals surface area contributed by atoms with E-state index in [1.807, 2.05) is 18.2 Å². The van der Waals surface area contributed by atoms with E-state index in [4.69, 9.17) is 5.11 Å². The minimum atomic E-state index is -4.16. The molecule has 1 heterocycles. The molecule has 3 rings (SSSR count). The molecule has 0 bridgehead atoms. The second-order valence-electron chi connectivity index (χ2n) is 6.32. The van der Waals surface area contributed by atoms with Gasteiger partial charge in [0.1, 0.15) is 0 Å². The van der Waals surface area contributed by atoms with Gasteiger partial charge in [-0.05, 0) is 30.9 Å². The first-order valence-corrected chi connectivity index (χ1v) is 8.44. The number of nitrogens with one attached hydrogen (secondary N) is 1. The summed E-state index contributed by atoms with van der Waals surface area (Å²) in [6, 6.07) is 7.17. The number of aliphatic hydroxyl groups excluding tert-OH is 1. The number of alkyl halides is 3. The van der Waals surface area contributed by atoms with Crippen LogP contribution in [0.2, 0.25) is 0 Å². The molecule has 2 N–H and O–H groups in total. The van der Waals surface area contributed by atoms with Crippen LogP contribution in [0.3, 0.4) is 0 Å². The van der Waals surface area contributed by atoms with E-state index >= 15 is 0 Å². The molecule has 0 saturated carbocycles. The van der Waals surface area contributed by atoms with Gasteiger partial charge >= 0.3 is 6.18 Å². The van der Waals surface area contributed by atoms with Gasteiger partial charge in [-0.3, -0.25) is 9.78 Å². The molecule has 1 aliphatic rings. The van der Waals surface area contributed by atoms with Crippen molar-refractivity contribution >= 4 is 22.4 Å². The predicted octanol–water partition coefficient (Wildman–Crippen LogP) is 3.70. The molecule has 4 nitrogen and oxygen atoms in total. The lowest BCUT2D eigenvalue weighted by Gasteiger charge is -2.24. The normalized spacial score (nSPS) is 17.8. The Bertz CT molecular complexity index is 846. The van der Waals surface area contributed by atoms with Gasteiger partial charge in [0, 0.05) is 23.7 Å². The molecule has 1 aliphatic carbocycles. The molecule has 1 aromatic heterocycles. The molecule has 1 aromatic carbocycles. The highest BCUT2D eigenvalue weighted by Gasteiger charge is 2.39. The van der Waals surface area contributed by atoms with Gasteiger partial charge in [-0.1, -0.05) is 24.3 Å². The van der Waals surface area contributed by atoms with Crippen molar-refractivity contribution in [3.63, 3.8) is 0 Å². The first-order chi connectivity index (χ1) is 12.4. The Labute approximate surface area is 148 Å². The molecule has 138 valence electrons. The maximum absolute atomic E-state index is 12.8. The summed E-state index contributed by atoms with van der Waals surface area (Å²) in [6.07, 6.45) is -0.649. The number of nitrogens with zero attached hydrogens (tertiary/aromatic N) is 1. The summed E-state index contributed by atoms with van der Waals surface area (Å²) in [7, 11) is 0. The lowest BCUT2D eigenvalue weighted by molar-refractivity contribution is -0.175. The van der Waals surface area contributed by atoms with E-state index in [2.05, 4.69) is 10.3 Å². The van der Waals surface area contributed by atoms with Crippen LogP contribution in [-0.4, -0.2) is 35.3 Å². The second kappa shape index (κ2) is 7.45. The van der Waals surface area contributed by atoms with Gasteiger partial charge < -0.3 is 10.4 Å². The van der Waals surface area contributed by atoms with Gasteiger partial charge in [-0.25, -0.2) is 0 Å². The Morgan fingerprint density at radius 3 is 2.81 bits per heavy atom. The SMILES string of the molecule is O=C(NCCO)c1cnc2c(C3=CCC(C(F)(F)F)CC3)cccc2c1. The maximum atomic E-state index is 12.8. The quantitative estimate of drug-likeness (QED) is 0.870. The monoisotopic (exact) mass is 364 g/mol. The number of amides is 1. The van der Waals surface area contributed by atoms with Crippen LogP contribution in [0, 0.1) is 5.92 Å². The highest BCUT2D eigenvalue weighted by atomic mass is 19.4. The van der Waals surface area contributed by atoms with Crippen molar-refractivity contribution < 1.29 is 23.1 Å². The van der Waals surface area contributed by atoms with Crippen LogP contribution in [0.15, 0.2) is 36.5 Å². The number of benzene rings is 1. The zero-order valence-corrected chi connectivity index (χ0v) is 14.0. The Hall–Kier alpha value is -2.41. The molecule has 7 heteroatoms. The number of allylic oxidation sites excluding steroid dienone is 2. The van der Waals surface area contributed by atoms with Crippen LogP contribution in [0.5, 0.6) is 0 Å².